The number of hydrogen-bond donors (Lipinski definition) is 1. The predicted molar refractivity (Wildman–Crippen MR) is 136 cm³/mol. The van der Waals surface area contributed by atoms with E-state index in [1.54, 1.807) is 16.4 Å². The molecule has 0 amide bonds. The topological polar surface area (TPSA) is 95.5 Å². The third kappa shape index (κ3) is 4.68. The Morgan fingerprint density at radius 3 is 2.49 bits per heavy atom. The molecular weight excluding hydrogens is 462 g/mol. The number of carbonyl (C=O) groups is 1. The minimum atomic E-state index is -3.55. The Labute approximate surface area is 206 Å². The molecule has 2 aliphatic rings. The smallest absolute Gasteiger partial charge is 0.243 e. The van der Waals surface area contributed by atoms with Gasteiger partial charge < -0.3 is 5.32 Å². The zero-order chi connectivity index (χ0) is 24.8. The number of nitrogens with one attached hydrogen (secondary N) is 1. The van der Waals surface area contributed by atoms with Crippen LogP contribution in [0.3, 0.4) is 0 Å². The SMILES string of the molecule is CC(C)(C)c1ccc(S(=O)(=O)N2CCCN(Cc3nc4c5c(cccc5n3)C(=O)CN4)CC2)cc1. The summed E-state index contributed by atoms with van der Waals surface area (Å²) in [5.41, 5.74) is 2.50. The lowest BCUT2D eigenvalue weighted by atomic mass is 9.87. The van der Waals surface area contributed by atoms with Crippen molar-refractivity contribution in [3.63, 3.8) is 0 Å². The van der Waals surface area contributed by atoms with E-state index in [-0.39, 0.29) is 17.7 Å². The third-order valence-corrected chi connectivity index (χ3v) is 8.67. The second-order valence-electron chi connectivity index (χ2n) is 10.3. The standard InChI is InChI=1S/C26H31N5O3S/c1-26(2,3)18-8-10-19(11-9-18)35(33,34)31-13-5-12-30(14-15-31)17-23-28-21-7-4-6-20-22(32)16-27-25(29-23)24(20)21/h4,6-11H,5,12-17H2,1-3H3,(H,27,28,29). The lowest BCUT2D eigenvalue weighted by Crippen LogP contribution is -2.35. The highest BCUT2D eigenvalue weighted by atomic mass is 32.2. The predicted octanol–water partition coefficient (Wildman–Crippen LogP) is 3.43. The fourth-order valence-electron chi connectivity index (χ4n) is 4.74. The van der Waals surface area contributed by atoms with Gasteiger partial charge in [-0.2, -0.15) is 4.31 Å². The first-order chi connectivity index (χ1) is 16.6. The fourth-order valence-corrected chi connectivity index (χ4v) is 6.21. The van der Waals surface area contributed by atoms with Gasteiger partial charge in [-0.3, -0.25) is 9.69 Å². The number of aromatic nitrogens is 2. The molecule has 1 saturated heterocycles. The number of Topliss-reactive ketones (excluding diaryl/α,β-unsaturated/α-hetero) is 1. The monoisotopic (exact) mass is 493 g/mol. The van der Waals surface area contributed by atoms with Crippen LogP contribution in [-0.4, -0.2) is 66.1 Å². The molecule has 0 radical (unpaired) electrons. The Morgan fingerprint density at radius 1 is 0.971 bits per heavy atom. The van der Waals surface area contributed by atoms with Crippen LogP contribution in [0, 0.1) is 0 Å². The summed E-state index contributed by atoms with van der Waals surface area (Å²) in [4.78, 5) is 24.1. The Balaban J connectivity index is 1.31. The van der Waals surface area contributed by atoms with Gasteiger partial charge in [0.15, 0.2) is 5.78 Å². The highest BCUT2D eigenvalue weighted by molar-refractivity contribution is 7.89. The summed E-state index contributed by atoms with van der Waals surface area (Å²) in [6.45, 7) is 9.36. The van der Waals surface area contributed by atoms with Crippen LogP contribution in [0.5, 0.6) is 0 Å². The first-order valence-electron chi connectivity index (χ1n) is 12.0. The molecule has 1 N–H and O–H groups in total. The van der Waals surface area contributed by atoms with Crippen LogP contribution in [0.4, 0.5) is 5.82 Å². The zero-order valence-electron chi connectivity index (χ0n) is 20.4. The van der Waals surface area contributed by atoms with E-state index in [9.17, 15) is 13.2 Å². The molecule has 0 aliphatic carbocycles. The van der Waals surface area contributed by atoms with Crippen LogP contribution in [0.2, 0.25) is 0 Å². The summed E-state index contributed by atoms with van der Waals surface area (Å²) in [6, 6.07) is 12.8. The molecule has 8 nitrogen and oxygen atoms in total. The fraction of sp³-hybridized carbons (Fsp3) is 0.423. The molecule has 9 heteroatoms. The van der Waals surface area contributed by atoms with Crippen LogP contribution in [-0.2, 0) is 22.0 Å². The van der Waals surface area contributed by atoms with Crippen LogP contribution in [0.25, 0.3) is 10.9 Å². The lowest BCUT2D eigenvalue weighted by Gasteiger charge is -2.23. The van der Waals surface area contributed by atoms with E-state index in [2.05, 4.69) is 36.0 Å². The maximum absolute atomic E-state index is 13.3. The zero-order valence-corrected chi connectivity index (χ0v) is 21.2. The highest BCUT2D eigenvalue weighted by Gasteiger charge is 2.28. The minimum absolute atomic E-state index is 0.0265. The van der Waals surface area contributed by atoms with Gasteiger partial charge in [0.2, 0.25) is 10.0 Å². The van der Waals surface area contributed by atoms with E-state index < -0.39 is 10.0 Å². The second kappa shape index (κ2) is 8.96. The first kappa shape index (κ1) is 23.8. The van der Waals surface area contributed by atoms with Crippen molar-refractivity contribution >= 4 is 32.5 Å². The quantitative estimate of drug-likeness (QED) is 0.595. The number of benzene rings is 2. The Bertz CT molecular complexity index is 1380. The van der Waals surface area contributed by atoms with Gasteiger partial charge in [0, 0.05) is 25.2 Å². The maximum Gasteiger partial charge on any atom is 0.243 e. The van der Waals surface area contributed by atoms with E-state index in [1.807, 2.05) is 30.3 Å². The molecule has 1 aromatic heterocycles. The van der Waals surface area contributed by atoms with Gasteiger partial charge in [0.05, 0.1) is 28.9 Å². The highest BCUT2D eigenvalue weighted by Crippen LogP contribution is 2.29. The molecule has 3 heterocycles. The average molecular weight is 494 g/mol. The van der Waals surface area contributed by atoms with Gasteiger partial charge in [0.1, 0.15) is 11.6 Å². The van der Waals surface area contributed by atoms with Gasteiger partial charge in [-0.05, 0) is 42.1 Å². The van der Waals surface area contributed by atoms with Crippen molar-refractivity contribution in [1.29, 1.82) is 0 Å². The molecule has 35 heavy (non-hydrogen) atoms. The molecule has 2 aromatic carbocycles. The molecule has 5 rings (SSSR count). The molecule has 0 bridgehead atoms. The summed E-state index contributed by atoms with van der Waals surface area (Å²) in [7, 11) is -3.55. The molecule has 3 aromatic rings. The summed E-state index contributed by atoms with van der Waals surface area (Å²) in [6.07, 6.45) is 0.733. The number of ketones is 1. The summed E-state index contributed by atoms with van der Waals surface area (Å²) < 4.78 is 28.2. The van der Waals surface area contributed by atoms with Crippen molar-refractivity contribution in [2.75, 3.05) is 38.0 Å². The number of sulfonamides is 1. The first-order valence-corrected chi connectivity index (χ1v) is 13.5. The second-order valence-corrected chi connectivity index (χ2v) is 12.2. The van der Waals surface area contributed by atoms with Crippen molar-refractivity contribution in [1.82, 2.24) is 19.2 Å². The molecule has 2 aliphatic heterocycles. The summed E-state index contributed by atoms with van der Waals surface area (Å²) >= 11 is 0. The maximum atomic E-state index is 13.3. The number of anilines is 1. The van der Waals surface area contributed by atoms with Crippen molar-refractivity contribution in [2.45, 2.75) is 44.0 Å². The largest absolute Gasteiger partial charge is 0.362 e. The van der Waals surface area contributed by atoms with E-state index >= 15 is 0 Å². The molecule has 0 spiro atoms. The van der Waals surface area contributed by atoms with Gasteiger partial charge in [-0.25, -0.2) is 18.4 Å². The minimum Gasteiger partial charge on any atom is -0.362 e. The van der Waals surface area contributed by atoms with Crippen LogP contribution in [0.15, 0.2) is 47.4 Å². The lowest BCUT2D eigenvalue weighted by molar-refractivity contribution is 0.101. The number of rotatable bonds is 4. The van der Waals surface area contributed by atoms with Gasteiger partial charge in [-0.1, -0.05) is 45.0 Å². The summed E-state index contributed by atoms with van der Waals surface area (Å²) in [5.74, 6) is 1.40. The summed E-state index contributed by atoms with van der Waals surface area (Å²) in [5, 5.41) is 3.89. The molecule has 0 unspecified atom stereocenters. The molecule has 184 valence electrons. The number of nitrogens with zero attached hydrogens (tertiary/aromatic N) is 4. The number of hydrogen-bond acceptors (Lipinski definition) is 7. The van der Waals surface area contributed by atoms with Gasteiger partial charge in [0.25, 0.3) is 0 Å². The average Bonchev–Trinajstić information content (AvgIpc) is 3.07. The van der Waals surface area contributed by atoms with Crippen molar-refractivity contribution in [3.05, 3.63) is 59.4 Å². The molecule has 0 atom stereocenters. The normalized spacial score (nSPS) is 17.9. The Hall–Kier alpha value is -2.88. The number of carbonyl (C=O) groups excluding carboxylic acids is 1. The van der Waals surface area contributed by atoms with Crippen LogP contribution in [0.1, 0.15) is 48.9 Å². The van der Waals surface area contributed by atoms with E-state index in [4.69, 9.17) is 4.98 Å². The third-order valence-electron chi connectivity index (χ3n) is 6.76. The van der Waals surface area contributed by atoms with Crippen molar-refractivity contribution in [2.24, 2.45) is 0 Å². The van der Waals surface area contributed by atoms with E-state index in [0.29, 0.717) is 48.3 Å². The molecular formula is C26H31N5O3S. The Morgan fingerprint density at radius 2 is 1.74 bits per heavy atom. The van der Waals surface area contributed by atoms with E-state index in [0.717, 1.165) is 29.4 Å². The van der Waals surface area contributed by atoms with Crippen molar-refractivity contribution in [3.8, 4) is 0 Å². The molecule has 1 fully saturated rings. The van der Waals surface area contributed by atoms with Gasteiger partial charge >= 0.3 is 0 Å². The van der Waals surface area contributed by atoms with Gasteiger partial charge in [-0.15, -0.1) is 0 Å². The van der Waals surface area contributed by atoms with Crippen LogP contribution >= 0.6 is 0 Å². The van der Waals surface area contributed by atoms with Crippen molar-refractivity contribution < 1.29 is 13.2 Å². The van der Waals surface area contributed by atoms with Crippen LogP contribution < -0.4 is 5.32 Å². The molecule has 0 saturated carbocycles. The Kier molecular flexibility index (Phi) is 6.11. The van der Waals surface area contributed by atoms with E-state index in [1.165, 1.54) is 0 Å².